The van der Waals surface area contributed by atoms with Crippen molar-refractivity contribution in [2.45, 2.75) is 69.4 Å². The van der Waals surface area contributed by atoms with Gasteiger partial charge in [0.25, 0.3) is 5.91 Å². The number of phenolic OH excluding ortho intramolecular Hbond substituents is 1. The Morgan fingerprint density at radius 2 is 1.90 bits per heavy atom. The summed E-state index contributed by atoms with van der Waals surface area (Å²) in [6.07, 6.45) is 6.95. The van der Waals surface area contributed by atoms with Crippen LogP contribution in [0.25, 0.3) is 0 Å². The van der Waals surface area contributed by atoms with E-state index in [1.807, 2.05) is 24.3 Å². The largest absolute Gasteiger partial charge is 0.508 e. The molecule has 1 unspecified atom stereocenters. The van der Waals surface area contributed by atoms with Crippen molar-refractivity contribution in [3.05, 3.63) is 64.7 Å². The highest BCUT2D eigenvalue weighted by atomic mass is 16.3. The van der Waals surface area contributed by atoms with Crippen molar-refractivity contribution in [3.8, 4) is 11.8 Å². The summed E-state index contributed by atoms with van der Waals surface area (Å²) in [6.45, 7) is 3.17. The SMILES string of the molecule is CNC(=O)C(CCC=O)N1Cc2c(CCCCCN3CCC(C#N)(c4ccc(O)cc4)CC3)cccc2C1=O. The van der Waals surface area contributed by atoms with Gasteiger partial charge in [0.15, 0.2) is 0 Å². The molecule has 4 rings (SSSR count). The summed E-state index contributed by atoms with van der Waals surface area (Å²) < 4.78 is 0. The molecule has 2 aliphatic heterocycles. The minimum absolute atomic E-state index is 0.141. The molecule has 0 aliphatic carbocycles. The molecule has 0 bridgehead atoms. The van der Waals surface area contributed by atoms with Crippen LogP contribution in [-0.2, 0) is 28.0 Å². The van der Waals surface area contributed by atoms with E-state index in [1.165, 1.54) is 0 Å². The lowest BCUT2D eigenvalue weighted by molar-refractivity contribution is -0.125. The Labute approximate surface area is 230 Å². The van der Waals surface area contributed by atoms with Crippen LogP contribution < -0.4 is 5.32 Å². The Balaban J connectivity index is 1.26. The molecule has 1 fully saturated rings. The highest BCUT2D eigenvalue weighted by Gasteiger charge is 2.37. The number of hydrogen-bond acceptors (Lipinski definition) is 6. The van der Waals surface area contributed by atoms with E-state index in [0.29, 0.717) is 18.5 Å². The van der Waals surface area contributed by atoms with Crippen molar-refractivity contribution in [3.63, 3.8) is 0 Å². The van der Waals surface area contributed by atoms with Gasteiger partial charge in [0.2, 0.25) is 5.91 Å². The number of nitrogens with one attached hydrogen (secondary N) is 1. The van der Waals surface area contributed by atoms with Gasteiger partial charge in [0.05, 0.1) is 11.5 Å². The van der Waals surface area contributed by atoms with Gasteiger partial charge in [-0.3, -0.25) is 9.59 Å². The number of phenols is 1. The second-order valence-corrected chi connectivity index (χ2v) is 10.6. The predicted molar refractivity (Wildman–Crippen MR) is 148 cm³/mol. The van der Waals surface area contributed by atoms with Gasteiger partial charge < -0.3 is 25.0 Å². The summed E-state index contributed by atoms with van der Waals surface area (Å²) in [7, 11) is 1.55. The summed E-state index contributed by atoms with van der Waals surface area (Å²) in [5.41, 5.74) is 3.32. The second-order valence-electron chi connectivity index (χ2n) is 10.6. The zero-order valence-electron chi connectivity index (χ0n) is 22.7. The fourth-order valence-corrected chi connectivity index (χ4v) is 5.96. The fraction of sp³-hybridized carbons (Fsp3) is 0.484. The Kier molecular flexibility index (Phi) is 9.36. The van der Waals surface area contributed by atoms with Crippen molar-refractivity contribution in [2.75, 3.05) is 26.7 Å². The Bertz CT molecular complexity index is 1210. The molecule has 2 aliphatic rings. The van der Waals surface area contributed by atoms with E-state index in [1.54, 1.807) is 24.1 Å². The fourth-order valence-electron chi connectivity index (χ4n) is 5.96. The normalized spacial score (nSPS) is 17.3. The molecule has 0 aromatic heterocycles. The molecule has 1 saturated heterocycles. The van der Waals surface area contributed by atoms with Gasteiger partial charge in [-0.1, -0.05) is 30.7 Å². The third kappa shape index (κ3) is 6.31. The van der Waals surface area contributed by atoms with Gasteiger partial charge in [-0.25, -0.2) is 0 Å². The summed E-state index contributed by atoms with van der Waals surface area (Å²) in [5.74, 6) is -0.166. The van der Waals surface area contributed by atoms with Gasteiger partial charge in [-0.05, 0) is 93.0 Å². The van der Waals surface area contributed by atoms with Crippen molar-refractivity contribution in [2.24, 2.45) is 0 Å². The van der Waals surface area contributed by atoms with Crippen LogP contribution in [0.5, 0.6) is 5.75 Å². The number of benzene rings is 2. The van der Waals surface area contributed by atoms with Gasteiger partial charge in [-0.2, -0.15) is 5.26 Å². The number of aromatic hydroxyl groups is 1. The van der Waals surface area contributed by atoms with Crippen LogP contribution in [0.4, 0.5) is 0 Å². The summed E-state index contributed by atoms with van der Waals surface area (Å²) in [4.78, 5) is 40.5. The van der Waals surface area contributed by atoms with Crippen LogP contribution in [-0.4, -0.2) is 65.7 Å². The second kappa shape index (κ2) is 12.9. The maximum absolute atomic E-state index is 13.1. The van der Waals surface area contributed by atoms with E-state index in [4.69, 9.17) is 0 Å². The third-order valence-electron chi connectivity index (χ3n) is 8.34. The zero-order valence-corrected chi connectivity index (χ0v) is 22.7. The average molecular weight is 531 g/mol. The number of aldehydes is 1. The zero-order chi connectivity index (χ0) is 27.8. The molecule has 2 N–H and O–H groups in total. The van der Waals surface area contributed by atoms with Crippen LogP contribution in [0.3, 0.4) is 0 Å². The minimum atomic E-state index is -0.647. The average Bonchev–Trinajstić information content (AvgIpc) is 3.30. The summed E-state index contributed by atoms with van der Waals surface area (Å²) in [6, 6.07) is 14.8. The Morgan fingerprint density at radius 1 is 1.15 bits per heavy atom. The van der Waals surface area contributed by atoms with Crippen molar-refractivity contribution in [1.82, 2.24) is 15.1 Å². The smallest absolute Gasteiger partial charge is 0.255 e. The first kappa shape index (κ1) is 28.3. The number of aryl methyl sites for hydroxylation is 1. The highest BCUT2D eigenvalue weighted by Crippen LogP contribution is 2.36. The number of unbranched alkanes of at least 4 members (excludes halogenated alkanes) is 2. The van der Waals surface area contributed by atoms with Crippen LogP contribution >= 0.6 is 0 Å². The molecule has 2 amide bonds. The number of nitriles is 1. The molecular formula is C31H38N4O4. The van der Waals surface area contributed by atoms with Crippen LogP contribution in [0.15, 0.2) is 42.5 Å². The first-order valence-electron chi connectivity index (χ1n) is 13.9. The number of rotatable bonds is 12. The number of likely N-dealkylation sites (N-methyl/N-ethyl adjacent to an activating group) is 1. The topological polar surface area (TPSA) is 114 Å². The molecule has 206 valence electrons. The van der Waals surface area contributed by atoms with Gasteiger partial charge in [0, 0.05) is 25.6 Å². The molecule has 39 heavy (non-hydrogen) atoms. The van der Waals surface area contributed by atoms with Gasteiger partial charge in [-0.15, -0.1) is 0 Å². The number of piperidine rings is 1. The number of fused-ring (bicyclic) bond motifs is 1. The van der Waals surface area contributed by atoms with E-state index in [-0.39, 0.29) is 24.0 Å². The minimum Gasteiger partial charge on any atom is -0.508 e. The van der Waals surface area contributed by atoms with Crippen LogP contribution in [0, 0.1) is 11.3 Å². The number of carbonyl (C=O) groups excluding carboxylic acids is 3. The first-order chi connectivity index (χ1) is 18.9. The quantitative estimate of drug-likeness (QED) is 0.319. The lowest BCUT2D eigenvalue weighted by atomic mass is 9.74. The summed E-state index contributed by atoms with van der Waals surface area (Å²) >= 11 is 0. The number of carbonyl (C=O) groups is 3. The molecule has 0 spiro atoms. The molecule has 8 heteroatoms. The Morgan fingerprint density at radius 3 is 2.56 bits per heavy atom. The van der Waals surface area contributed by atoms with Crippen molar-refractivity contribution in [1.29, 1.82) is 5.26 Å². The molecule has 0 radical (unpaired) electrons. The molecule has 2 aromatic carbocycles. The lowest BCUT2D eigenvalue weighted by Gasteiger charge is -2.37. The highest BCUT2D eigenvalue weighted by molar-refractivity contribution is 6.01. The lowest BCUT2D eigenvalue weighted by Crippen LogP contribution is -2.46. The maximum atomic E-state index is 13.1. The molecular weight excluding hydrogens is 492 g/mol. The number of amides is 2. The third-order valence-corrected chi connectivity index (χ3v) is 8.34. The summed E-state index contributed by atoms with van der Waals surface area (Å²) in [5, 5.41) is 22.1. The maximum Gasteiger partial charge on any atom is 0.255 e. The molecule has 8 nitrogen and oxygen atoms in total. The van der Waals surface area contributed by atoms with Crippen molar-refractivity contribution < 1.29 is 19.5 Å². The van der Waals surface area contributed by atoms with E-state index in [2.05, 4.69) is 22.4 Å². The number of nitrogens with zero attached hydrogens (tertiary/aromatic N) is 3. The van der Waals surface area contributed by atoms with Crippen LogP contribution in [0.2, 0.25) is 0 Å². The number of likely N-dealkylation sites (tertiary alicyclic amines) is 1. The van der Waals surface area contributed by atoms with E-state index < -0.39 is 11.5 Å². The van der Waals surface area contributed by atoms with E-state index >= 15 is 0 Å². The molecule has 1 atom stereocenters. The van der Waals surface area contributed by atoms with Gasteiger partial charge in [0.1, 0.15) is 18.1 Å². The van der Waals surface area contributed by atoms with E-state index in [9.17, 15) is 24.8 Å². The monoisotopic (exact) mass is 530 g/mol. The molecule has 2 aromatic rings. The van der Waals surface area contributed by atoms with Crippen molar-refractivity contribution >= 4 is 18.1 Å². The van der Waals surface area contributed by atoms with Crippen LogP contribution in [0.1, 0.15) is 72.0 Å². The standard InChI is InChI=1S/C31H38N4O4/c1-33-29(38)28(10-6-20-36)35-21-27-23(8-5-9-26(27)30(35)39)7-3-2-4-17-34-18-15-31(22-32,16-19-34)24-11-13-25(37)14-12-24/h5,8-9,11-14,20,28,37H,2-4,6-7,10,15-19,21H2,1H3,(H,33,38). The van der Waals surface area contributed by atoms with E-state index in [0.717, 1.165) is 81.1 Å². The predicted octanol–water partition coefficient (Wildman–Crippen LogP) is 3.71. The first-order valence-corrected chi connectivity index (χ1v) is 13.9. The molecule has 2 heterocycles. The Hall–Kier alpha value is -3.70. The molecule has 0 saturated carbocycles. The van der Waals surface area contributed by atoms with Gasteiger partial charge >= 0.3 is 0 Å². The number of hydrogen-bond donors (Lipinski definition) is 2.